The zero-order valence-corrected chi connectivity index (χ0v) is 20.1. The predicted octanol–water partition coefficient (Wildman–Crippen LogP) is 2.57. The number of carbonyl (C=O) groups is 4. The SMILES string of the molecule is COC(=O)[C@H](CCCCN)N(C(=O)OCc1ccccc1)C(=O)[C@H](Cc1ccccc1)NC(C)=O. The number of nitrogens with zero attached hydrogens (tertiary/aromatic N) is 1. The lowest BCUT2D eigenvalue weighted by molar-refractivity contribution is -0.152. The predicted molar refractivity (Wildman–Crippen MR) is 130 cm³/mol. The Morgan fingerprint density at radius 1 is 0.943 bits per heavy atom. The summed E-state index contributed by atoms with van der Waals surface area (Å²) in [4.78, 5) is 52.3. The highest BCUT2D eigenvalue weighted by Crippen LogP contribution is 2.17. The van der Waals surface area contributed by atoms with Crippen molar-refractivity contribution in [3.05, 3.63) is 71.8 Å². The number of unbranched alkanes of at least 4 members (excludes halogenated alkanes) is 1. The highest BCUT2D eigenvalue weighted by atomic mass is 16.6. The van der Waals surface area contributed by atoms with Crippen molar-refractivity contribution in [1.29, 1.82) is 0 Å². The molecule has 2 rings (SSSR count). The first-order valence-corrected chi connectivity index (χ1v) is 11.5. The average molecular weight is 484 g/mol. The molecule has 0 aromatic heterocycles. The van der Waals surface area contributed by atoms with Crippen molar-refractivity contribution in [2.24, 2.45) is 5.73 Å². The molecule has 2 aromatic rings. The van der Waals surface area contributed by atoms with E-state index in [2.05, 4.69) is 5.32 Å². The van der Waals surface area contributed by atoms with E-state index in [1.807, 2.05) is 12.1 Å². The van der Waals surface area contributed by atoms with Crippen LogP contribution in [-0.4, -0.2) is 54.5 Å². The minimum Gasteiger partial charge on any atom is -0.467 e. The van der Waals surface area contributed by atoms with Gasteiger partial charge in [-0.2, -0.15) is 0 Å². The molecule has 35 heavy (non-hydrogen) atoms. The number of nitrogens with one attached hydrogen (secondary N) is 1. The van der Waals surface area contributed by atoms with Crippen molar-refractivity contribution in [2.75, 3.05) is 13.7 Å². The van der Waals surface area contributed by atoms with Crippen LogP contribution in [-0.2, 0) is 36.9 Å². The molecule has 0 heterocycles. The second-order valence-electron chi connectivity index (χ2n) is 8.01. The highest BCUT2D eigenvalue weighted by molar-refractivity contribution is 6.00. The number of amides is 3. The number of benzene rings is 2. The standard InChI is InChI=1S/C26H33N3O6/c1-19(30)28-22(17-20-11-5-3-6-12-20)24(31)29(23(25(32)34-2)15-9-10-16-27)26(33)35-18-21-13-7-4-8-14-21/h3-8,11-14,22-23H,9-10,15-18,27H2,1-2H3,(H,28,30)/t22-,23-/m0/s1. The summed E-state index contributed by atoms with van der Waals surface area (Å²) < 4.78 is 10.3. The van der Waals surface area contributed by atoms with E-state index in [-0.39, 0.29) is 19.4 Å². The topological polar surface area (TPSA) is 128 Å². The second-order valence-corrected chi connectivity index (χ2v) is 8.01. The Balaban J connectivity index is 2.38. The Kier molecular flexibility index (Phi) is 11.4. The molecule has 188 valence electrons. The number of nitrogens with two attached hydrogens (primary N) is 1. The van der Waals surface area contributed by atoms with Gasteiger partial charge in [0.25, 0.3) is 5.91 Å². The molecule has 0 saturated heterocycles. The van der Waals surface area contributed by atoms with Crippen LogP contribution in [0.5, 0.6) is 0 Å². The van der Waals surface area contributed by atoms with Gasteiger partial charge >= 0.3 is 12.1 Å². The van der Waals surface area contributed by atoms with Crippen LogP contribution < -0.4 is 11.1 Å². The van der Waals surface area contributed by atoms with E-state index in [0.29, 0.717) is 24.9 Å². The van der Waals surface area contributed by atoms with E-state index < -0.39 is 36.0 Å². The van der Waals surface area contributed by atoms with Gasteiger partial charge in [-0.1, -0.05) is 60.7 Å². The maximum absolute atomic E-state index is 13.7. The van der Waals surface area contributed by atoms with E-state index in [1.165, 1.54) is 14.0 Å². The van der Waals surface area contributed by atoms with E-state index >= 15 is 0 Å². The highest BCUT2D eigenvalue weighted by Gasteiger charge is 2.40. The number of imide groups is 1. The van der Waals surface area contributed by atoms with E-state index in [0.717, 1.165) is 10.5 Å². The molecular formula is C26H33N3O6. The molecule has 9 heteroatoms. The first-order chi connectivity index (χ1) is 16.9. The van der Waals surface area contributed by atoms with Crippen LogP contribution in [0.15, 0.2) is 60.7 Å². The van der Waals surface area contributed by atoms with Crippen molar-refractivity contribution in [3.63, 3.8) is 0 Å². The molecule has 2 atom stereocenters. The minimum atomic E-state index is -1.23. The Hall–Kier alpha value is -3.72. The molecule has 2 aromatic carbocycles. The van der Waals surface area contributed by atoms with Crippen molar-refractivity contribution in [2.45, 2.75) is 51.3 Å². The molecule has 9 nitrogen and oxygen atoms in total. The van der Waals surface area contributed by atoms with Gasteiger partial charge in [0.2, 0.25) is 5.91 Å². The maximum atomic E-state index is 13.7. The number of rotatable bonds is 12. The van der Waals surface area contributed by atoms with Gasteiger partial charge in [-0.15, -0.1) is 0 Å². The quantitative estimate of drug-likeness (QED) is 0.351. The largest absolute Gasteiger partial charge is 0.467 e. The molecule has 0 saturated carbocycles. The summed E-state index contributed by atoms with van der Waals surface area (Å²) in [5, 5.41) is 2.61. The third-order valence-electron chi connectivity index (χ3n) is 5.31. The molecular weight excluding hydrogens is 450 g/mol. The zero-order valence-electron chi connectivity index (χ0n) is 20.1. The summed E-state index contributed by atoms with van der Waals surface area (Å²) in [5.74, 6) is -1.96. The summed E-state index contributed by atoms with van der Waals surface area (Å²) in [5.41, 5.74) is 7.07. The van der Waals surface area contributed by atoms with Crippen LogP contribution in [0.4, 0.5) is 4.79 Å². The third-order valence-corrected chi connectivity index (χ3v) is 5.31. The molecule has 3 amide bonds. The third kappa shape index (κ3) is 8.86. The number of carbonyl (C=O) groups excluding carboxylic acids is 4. The summed E-state index contributed by atoms with van der Waals surface area (Å²) in [6, 6.07) is 15.7. The van der Waals surface area contributed by atoms with Gasteiger partial charge in [0.05, 0.1) is 7.11 Å². The molecule has 0 spiro atoms. The number of esters is 1. The average Bonchev–Trinajstić information content (AvgIpc) is 2.86. The summed E-state index contributed by atoms with van der Waals surface area (Å²) in [6.45, 7) is 1.58. The van der Waals surface area contributed by atoms with Crippen molar-refractivity contribution < 1.29 is 28.7 Å². The normalized spacial score (nSPS) is 12.2. The molecule has 0 aliphatic carbocycles. The fraction of sp³-hybridized carbons (Fsp3) is 0.385. The van der Waals surface area contributed by atoms with Crippen LogP contribution in [0, 0.1) is 0 Å². The summed E-state index contributed by atoms with van der Waals surface area (Å²) >= 11 is 0. The fourth-order valence-corrected chi connectivity index (χ4v) is 3.59. The summed E-state index contributed by atoms with van der Waals surface area (Å²) in [6.07, 6.45) is 0.348. The maximum Gasteiger partial charge on any atom is 0.417 e. The second kappa shape index (κ2) is 14.5. The van der Waals surface area contributed by atoms with Gasteiger partial charge in [-0.25, -0.2) is 14.5 Å². The minimum absolute atomic E-state index is 0.0936. The molecule has 3 N–H and O–H groups in total. The Labute approximate surface area is 205 Å². The van der Waals surface area contributed by atoms with E-state index in [1.54, 1.807) is 48.5 Å². The number of ether oxygens (including phenoxy) is 2. The Morgan fingerprint density at radius 3 is 2.09 bits per heavy atom. The molecule has 0 aliphatic heterocycles. The molecule has 0 radical (unpaired) electrons. The van der Waals surface area contributed by atoms with Crippen molar-refractivity contribution in [3.8, 4) is 0 Å². The first kappa shape index (κ1) is 27.5. The molecule has 0 bridgehead atoms. The summed E-state index contributed by atoms with van der Waals surface area (Å²) in [7, 11) is 1.19. The van der Waals surface area contributed by atoms with Crippen molar-refractivity contribution >= 4 is 23.9 Å². The Morgan fingerprint density at radius 2 is 1.54 bits per heavy atom. The lowest BCUT2D eigenvalue weighted by Gasteiger charge is -2.31. The van der Waals surface area contributed by atoms with Crippen LogP contribution in [0.25, 0.3) is 0 Å². The Bertz CT molecular complexity index is 968. The van der Waals surface area contributed by atoms with E-state index in [9.17, 15) is 19.2 Å². The molecule has 0 aliphatic rings. The van der Waals surface area contributed by atoms with Crippen LogP contribution in [0.2, 0.25) is 0 Å². The fourth-order valence-electron chi connectivity index (χ4n) is 3.59. The van der Waals surface area contributed by atoms with Crippen LogP contribution in [0.1, 0.15) is 37.3 Å². The smallest absolute Gasteiger partial charge is 0.417 e. The van der Waals surface area contributed by atoms with Crippen molar-refractivity contribution in [1.82, 2.24) is 10.2 Å². The zero-order chi connectivity index (χ0) is 25.6. The van der Waals surface area contributed by atoms with Gasteiger partial charge in [0.15, 0.2) is 0 Å². The monoisotopic (exact) mass is 483 g/mol. The van der Waals surface area contributed by atoms with Gasteiger partial charge in [-0.3, -0.25) is 9.59 Å². The van der Waals surface area contributed by atoms with Gasteiger partial charge < -0.3 is 20.5 Å². The van der Waals surface area contributed by atoms with E-state index in [4.69, 9.17) is 15.2 Å². The lowest BCUT2D eigenvalue weighted by atomic mass is 10.0. The molecule has 0 unspecified atom stereocenters. The number of hydrogen-bond donors (Lipinski definition) is 2. The van der Waals surface area contributed by atoms with Gasteiger partial charge in [-0.05, 0) is 36.9 Å². The van der Waals surface area contributed by atoms with Crippen LogP contribution in [0.3, 0.4) is 0 Å². The number of hydrogen-bond acceptors (Lipinski definition) is 7. The number of methoxy groups -OCH3 is 1. The lowest BCUT2D eigenvalue weighted by Crippen LogP contribution is -2.57. The molecule has 0 fully saturated rings. The van der Waals surface area contributed by atoms with Gasteiger partial charge in [0.1, 0.15) is 18.7 Å². The van der Waals surface area contributed by atoms with Crippen LogP contribution >= 0.6 is 0 Å². The first-order valence-electron chi connectivity index (χ1n) is 11.5. The van der Waals surface area contributed by atoms with Gasteiger partial charge in [0, 0.05) is 13.3 Å².